The second-order valence-corrected chi connectivity index (χ2v) is 9.80. The van der Waals surface area contributed by atoms with Gasteiger partial charge < -0.3 is 19.1 Å². The van der Waals surface area contributed by atoms with Crippen molar-refractivity contribution in [2.75, 3.05) is 12.3 Å². The fourth-order valence-corrected chi connectivity index (χ4v) is 5.20. The lowest BCUT2D eigenvalue weighted by Crippen LogP contribution is -2.40. The SMILES string of the molecule is O=C(OCc1cc(F)cc2c1O[C@@H](c1ccsc1)OC2)C1=CC=CN2CCS(=O)(=O)N=C12. The number of sulfonamides is 1. The lowest BCUT2D eigenvalue weighted by molar-refractivity contribution is -0.140. The molecular formula is C21H17FN2O6S2. The molecule has 0 saturated carbocycles. The highest BCUT2D eigenvalue weighted by Crippen LogP contribution is 2.37. The van der Waals surface area contributed by atoms with Crippen LogP contribution in [0.1, 0.15) is 23.0 Å². The van der Waals surface area contributed by atoms with Gasteiger partial charge in [0.15, 0.2) is 5.84 Å². The molecule has 1 atom stereocenters. The van der Waals surface area contributed by atoms with Crippen molar-refractivity contribution < 1.29 is 31.8 Å². The zero-order chi connectivity index (χ0) is 22.3. The first kappa shape index (κ1) is 20.9. The number of ether oxygens (including phenoxy) is 3. The van der Waals surface area contributed by atoms with Gasteiger partial charge in [0.05, 0.1) is 12.4 Å². The first-order chi connectivity index (χ1) is 15.4. The molecular weight excluding hydrogens is 459 g/mol. The van der Waals surface area contributed by atoms with Gasteiger partial charge in [-0.2, -0.15) is 11.3 Å². The van der Waals surface area contributed by atoms with E-state index in [0.29, 0.717) is 16.9 Å². The van der Waals surface area contributed by atoms with E-state index in [0.717, 1.165) is 5.56 Å². The molecule has 3 aliphatic heterocycles. The molecule has 166 valence electrons. The summed E-state index contributed by atoms with van der Waals surface area (Å²) in [6, 6.07) is 4.43. The molecule has 0 unspecified atom stereocenters. The van der Waals surface area contributed by atoms with Gasteiger partial charge in [-0.1, -0.05) is 0 Å². The number of fused-ring (bicyclic) bond motifs is 2. The molecule has 0 aliphatic carbocycles. The smallest absolute Gasteiger partial charge is 0.342 e. The van der Waals surface area contributed by atoms with E-state index in [1.807, 2.05) is 16.8 Å². The van der Waals surface area contributed by atoms with Crippen LogP contribution in [0.2, 0.25) is 0 Å². The highest BCUT2D eigenvalue weighted by molar-refractivity contribution is 7.90. The average Bonchev–Trinajstić information content (AvgIpc) is 3.31. The fourth-order valence-electron chi connectivity index (χ4n) is 3.55. The monoisotopic (exact) mass is 476 g/mol. The maximum atomic E-state index is 14.1. The molecule has 0 fully saturated rings. The first-order valence-corrected chi connectivity index (χ1v) is 12.2. The summed E-state index contributed by atoms with van der Waals surface area (Å²) in [5, 5.41) is 3.79. The van der Waals surface area contributed by atoms with E-state index in [1.165, 1.54) is 29.5 Å². The van der Waals surface area contributed by atoms with Gasteiger partial charge in [-0.05, 0) is 35.7 Å². The van der Waals surface area contributed by atoms with E-state index in [4.69, 9.17) is 14.2 Å². The molecule has 1 aromatic heterocycles. The maximum absolute atomic E-state index is 14.1. The van der Waals surface area contributed by atoms with E-state index < -0.39 is 28.1 Å². The number of esters is 1. The Bertz CT molecular complexity index is 1270. The van der Waals surface area contributed by atoms with Gasteiger partial charge >= 0.3 is 5.97 Å². The van der Waals surface area contributed by atoms with Crippen LogP contribution in [-0.2, 0) is 37.5 Å². The Morgan fingerprint density at radius 2 is 2.25 bits per heavy atom. The first-order valence-electron chi connectivity index (χ1n) is 9.66. The van der Waals surface area contributed by atoms with Gasteiger partial charge in [0.25, 0.3) is 10.0 Å². The molecule has 1 aromatic carbocycles. The number of allylic oxidation sites excluding steroid dienone is 2. The number of carbonyl (C=O) groups excluding carboxylic acids is 1. The summed E-state index contributed by atoms with van der Waals surface area (Å²) in [6.45, 7) is 0.0714. The minimum atomic E-state index is -3.65. The Balaban J connectivity index is 1.37. The van der Waals surface area contributed by atoms with Crippen LogP contribution in [0.3, 0.4) is 0 Å². The second-order valence-electron chi connectivity index (χ2n) is 7.26. The van der Waals surface area contributed by atoms with E-state index in [-0.39, 0.29) is 36.9 Å². The number of hydrogen-bond donors (Lipinski definition) is 0. The molecule has 11 heteroatoms. The molecule has 0 amide bonds. The van der Waals surface area contributed by atoms with Crippen molar-refractivity contribution in [3.05, 3.63) is 75.4 Å². The summed E-state index contributed by atoms with van der Waals surface area (Å²) in [5.41, 5.74) is 1.71. The van der Waals surface area contributed by atoms with Crippen LogP contribution in [0.25, 0.3) is 0 Å². The van der Waals surface area contributed by atoms with Crippen molar-refractivity contribution in [1.82, 2.24) is 4.90 Å². The van der Waals surface area contributed by atoms with Crippen LogP contribution in [0, 0.1) is 5.82 Å². The van der Waals surface area contributed by atoms with E-state index in [2.05, 4.69) is 4.40 Å². The quantitative estimate of drug-likeness (QED) is 0.626. The van der Waals surface area contributed by atoms with Crippen LogP contribution < -0.4 is 4.74 Å². The van der Waals surface area contributed by atoms with Crippen molar-refractivity contribution in [1.29, 1.82) is 0 Å². The topological polar surface area (TPSA) is 94.5 Å². The highest BCUT2D eigenvalue weighted by Gasteiger charge is 2.31. The summed E-state index contributed by atoms with van der Waals surface area (Å²) >= 11 is 1.50. The largest absolute Gasteiger partial charge is 0.460 e. The molecule has 0 bridgehead atoms. The number of benzene rings is 1. The predicted molar refractivity (Wildman–Crippen MR) is 114 cm³/mol. The normalized spacial score (nSPS) is 21.0. The van der Waals surface area contributed by atoms with Crippen LogP contribution >= 0.6 is 11.3 Å². The molecule has 2 aromatic rings. The van der Waals surface area contributed by atoms with Crippen LogP contribution in [0.5, 0.6) is 5.75 Å². The van der Waals surface area contributed by atoms with Gasteiger partial charge in [-0.3, -0.25) is 0 Å². The molecule has 0 N–H and O–H groups in total. The van der Waals surface area contributed by atoms with Crippen molar-refractivity contribution in [2.24, 2.45) is 4.40 Å². The van der Waals surface area contributed by atoms with Crippen LogP contribution in [0.15, 0.2) is 57.3 Å². The lowest BCUT2D eigenvalue weighted by Gasteiger charge is -2.29. The lowest BCUT2D eigenvalue weighted by atomic mass is 10.1. The Labute approximate surface area is 187 Å². The minimum Gasteiger partial charge on any atom is -0.460 e. The average molecular weight is 477 g/mol. The number of thiophene rings is 1. The van der Waals surface area contributed by atoms with E-state index in [9.17, 15) is 17.6 Å². The second kappa shape index (κ2) is 8.15. The number of hydrogen-bond acceptors (Lipinski definition) is 8. The van der Waals surface area contributed by atoms with Gasteiger partial charge in [-0.25, -0.2) is 17.6 Å². The molecule has 8 nitrogen and oxygen atoms in total. The number of rotatable bonds is 4. The third-order valence-electron chi connectivity index (χ3n) is 5.07. The van der Waals surface area contributed by atoms with E-state index in [1.54, 1.807) is 17.2 Å². The zero-order valence-corrected chi connectivity index (χ0v) is 18.2. The van der Waals surface area contributed by atoms with Crippen molar-refractivity contribution in [2.45, 2.75) is 19.5 Å². The summed E-state index contributed by atoms with van der Waals surface area (Å²) in [6.07, 6.45) is 4.06. The Hall–Kier alpha value is -3.02. The summed E-state index contributed by atoms with van der Waals surface area (Å²) < 4.78 is 58.7. The van der Waals surface area contributed by atoms with Gasteiger partial charge in [0.1, 0.15) is 23.7 Å². The minimum absolute atomic E-state index is 0.0152. The summed E-state index contributed by atoms with van der Waals surface area (Å²) in [4.78, 5) is 14.3. The molecule has 0 spiro atoms. The molecule has 3 aliphatic rings. The standard InChI is InChI=1S/C21H17FN2O6S2/c22-16-8-14(18-15(9-16)11-29-21(30-18)13-3-6-31-12-13)10-28-20(25)17-2-1-4-24-5-7-32(26,27)23-19(17)24/h1-4,6,8-9,12,21H,5,7,10-11H2/t21-/m0/s1. The van der Waals surface area contributed by atoms with Crippen molar-refractivity contribution in [3.63, 3.8) is 0 Å². The number of amidine groups is 1. The third-order valence-corrected chi connectivity index (χ3v) is 6.93. The van der Waals surface area contributed by atoms with Crippen molar-refractivity contribution in [3.8, 4) is 5.75 Å². The highest BCUT2D eigenvalue weighted by atomic mass is 32.2. The molecule has 5 rings (SSSR count). The number of carbonyl (C=O) groups is 1. The molecule has 32 heavy (non-hydrogen) atoms. The zero-order valence-electron chi connectivity index (χ0n) is 16.6. The number of halogens is 1. The maximum Gasteiger partial charge on any atom is 0.342 e. The van der Waals surface area contributed by atoms with Gasteiger partial charge in [0, 0.05) is 34.8 Å². The van der Waals surface area contributed by atoms with E-state index >= 15 is 0 Å². The van der Waals surface area contributed by atoms with Gasteiger partial charge in [0.2, 0.25) is 6.29 Å². The van der Waals surface area contributed by atoms with Crippen LogP contribution in [-0.4, -0.2) is 37.4 Å². The Kier molecular flexibility index (Phi) is 5.31. The molecule has 4 heterocycles. The Morgan fingerprint density at radius 1 is 1.38 bits per heavy atom. The number of nitrogens with zero attached hydrogens (tertiary/aromatic N) is 2. The third kappa shape index (κ3) is 4.06. The molecule has 0 saturated heterocycles. The molecule has 0 radical (unpaired) electrons. The fraction of sp³-hybridized carbons (Fsp3) is 0.238. The summed E-state index contributed by atoms with van der Waals surface area (Å²) in [5.74, 6) is -0.992. The van der Waals surface area contributed by atoms with Crippen LogP contribution in [0.4, 0.5) is 4.39 Å². The van der Waals surface area contributed by atoms with Crippen molar-refractivity contribution >= 4 is 33.2 Å². The Morgan fingerprint density at radius 3 is 3.06 bits per heavy atom. The summed E-state index contributed by atoms with van der Waals surface area (Å²) in [7, 11) is -3.65. The predicted octanol–water partition coefficient (Wildman–Crippen LogP) is 3.04. The van der Waals surface area contributed by atoms with Gasteiger partial charge in [-0.15, -0.1) is 4.40 Å².